The molecule has 0 bridgehead atoms. The second-order valence-electron chi connectivity index (χ2n) is 1.79. The minimum absolute atomic E-state index is 0.0897. The van der Waals surface area contributed by atoms with Crippen LogP contribution in [0, 0.1) is 0 Å². The lowest BCUT2D eigenvalue weighted by molar-refractivity contribution is 0.111. The van der Waals surface area contributed by atoms with Crippen LogP contribution >= 0.6 is 27.3 Å². The third kappa shape index (κ3) is 1.84. The molecule has 0 aromatic carbocycles. The molecule has 0 fully saturated rings. The van der Waals surface area contributed by atoms with E-state index in [2.05, 4.69) is 15.9 Å². The zero-order valence-corrected chi connectivity index (χ0v) is 7.58. The molecule has 60 valence electrons. The summed E-state index contributed by atoms with van der Waals surface area (Å²) < 4.78 is 24.7. The first kappa shape index (κ1) is 8.80. The summed E-state index contributed by atoms with van der Waals surface area (Å²) in [5, 5.41) is 0. The summed E-state index contributed by atoms with van der Waals surface area (Å²) >= 11 is 4.03. The molecule has 0 unspecified atom stereocenters. The average Bonchev–Trinajstić information content (AvgIpc) is 2.30. The third-order valence-corrected chi connectivity index (χ3v) is 2.68. The van der Waals surface area contributed by atoms with Crippen molar-refractivity contribution in [3.05, 3.63) is 20.3 Å². The van der Waals surface area contributed by atoms with Gasteiger partial charge in [0.15, 0.2) is 6.29 Å². The van der Waals surface area contributed by atoms with Crippen molar-refractivity contribution in [3.63, 3.8) is 0 Å². The molecule has 1 aromatic rings. The van der Waals surface area contributed by atoms with Crippen molar-refractivity contribution >= 4 is 33.6 Å². The van der Waals surface area contributed by atoms with Crippen LogP contribution in [0.3, 0.4) is 0 Å². The molecule has 0 aliphatic rings. The lowest BCUT2D eigenvalue weighted by Crippen LogP contribution is -1.84. The standard InChI is InChI=1S/C6H3BrF2OS/c7-5-1-3(6(8)9)4(2-10)11-5/h1-2,6H. The van der Waals surface area contributed by atoms with Crippen molar-refractivity contribution in [2.75, 3.05) is 0 Å². The molecule has 0 saturated carbocycles. The first-order valence-corrected chi connectivity index (χ1v) is 4.28. The Hall–Kier alpha value is -0.290. The summed E-state index contributed by atoms with van der Waals surface area (Å²) in [6.07, 6.45) is -2.13. The fourth-order valence-corrected chi connectivity index (χ4v) is 2.13. The smallest absolute Gasteiger partial charge is 0.265 e. The van der Waals surface area contributed by atoms with Crippen molar-refractivity contribution < 1.29 is 13.6 Å². The second-order valence-corrected chi connectivity index (χ2v) is 4.25. The lowest BCUT2D eigenvalue weighted by Gasteiger charge is -1.92. The number of halogens is 3. The molecular formula is C6H3BrF2OS. The molecule has 0 radical (unpaired) electrons. The van der Waals surface area contributed by atoms with Gasteiger partial charge in [-0.2, -0.15) is 0 Å². The molecule has 0 aliphatic heterocycles. The van der Waals surface area contributed by atoms with Gasteiger partial charge in [0.1, 0.15) is 0 Å². The monoisotopic (exact) mass is 240 g/mol. The van der Waals surface area contributed by atoms with Crippen LogP contribution in [0.5, 0.6) is 0 Å². The highest BCUT2D eigenvalue weighted by Gasteiger charge is 2.15. The van der Waals surface area contributed by atoms with E-state index in [0.29, 0.717) is 10.1 Å². The van der Waals surface area contributed by atoms with Crippen LogP contribution in [0.1, 0.15) is 21.7 Å². The van der Waals surface area contributed by atoms with Gasteiger partial charge in [0, 0.05) is 5.56 Å². The van der Waals surface area contributed by atoms with Gasteiger partial charge >= 0.3 is 0 Å². The molecule has 0 atom stereocenters. The van der Waals surface area contributed by atoms with E-state index >= 15 is 0 Å². The van der Waals surface area contributed by atoms with Gasteiger partial charge in [-0.25, -0.2) is 8.78 Å². The molecule has 0 aliphatic carbocycles. The van der Waals surface area contributed by atoms with Crippen molar-refractivity contribution in [2.24, 2.45) is 0 Å². The van der Waals surface area contributed by atoms with Crippen LogP contribution in [0.15, 0.2) is 9.85 Å². The Morgan fingerprint density at radius 2 is 2.27 bits per heavy atom. The maximum Gasteiger partial charge on any atom is 0.265 e. The van der Waals surface area contributed by atoms with E-state index in [1.807, 2.05) is 0 Å². The number of hydrogen-bond acceptors (Lipinski definition) is 2. The molecule has 1 aromatic heterocycles. The molecule has 0 amide bonds. The van der Waals surface area contributed by atoms with Crippen LogP contribution in [0.25, 0.3) is 0 Å². The summed E-state index contributed by atoms with van der Waals surface area (Å²) in [6, 6.07) is 1.26. The van der Waals surface area contributed by atoms with E-state index in [1.165, 1.54) is 6.07 Å². The van der Waals surface area contributed by atoms with E-state index < -0.39 is 6.43 Å². The highest BCUT2D eigenvalue weighted by Crippen LogP contribution is 2.32. The number of hydrogen-bond donors (Lipinski definition) is 0. The van der Waals surface area contributed by atoms with Gasteiger partial charge in [0.25, 0.3) is 6.43 Å². The first-order chi connectivity index (χ1) is 5.15. The van der Waals surface area contributed by atoms with Gasteiger partial charge in [-0.1, -0.05) is 0 Å². The number of alkyl halides is 2. The third-order valence-electron chi connectivity index (χ3n) is 1.10. The van der Waals surface area contributed by atoms with Crippen molar-refractivity contribution in [1.82, 2.24) is 0 Å². The Balaban J connectivity index is 3.11. The first-order valence-electron chi connectivity index (χ1n) is 2.67. The predicted octanol–water partition coefficient (Wildman–Crippen LogP) is 3.26. The van der Waals surface area contributed by atoms with Gasteiger partial charge in [-0.15, -0.1) is 11.3 Å². The quantitative estimate of drug-likeness (QED) is 0.726. The summed E-state index contributed by atoms with van der Waals surface area (Å²) in [7, 11) is 0. The Morgan fingerprint density at radius 3 is 2.64 bits per heavy atom. The minimum Gasteiger partial charge on any atom is -0.297 e. The van der Waals surface area contributed by atoms with Crippen LogP contribution in [-0.2, 0) is 0 Å². The number of carbonyl (C=O) groups excluding carboxylic acids is 1. The van der Waals surface area contributed by atoms with E-state index in [-0.39, 0.29) is 10.4 Å². The number of rotatable bonds is 2. The Kier molecular flexibility index (Phi) is 2.72. The normalized spacial score (nSPS) is 10.5. The van der Waals surface area contributed by atoms with E-state index in [1.54, 1.807) is 0 Å². The maximum atomic E-state index is 12.1. The summed E-state index contributed by atoms with van der Waals surface area (Å²) in [4.78, 5) is 10.3. The molecule has 1 rings (SSSR count). The Morgan fingerprint density at radius 1 is 1.64 bits per heavy atom. The van der Waals surface area contributed by atoms with Gasteiger partial charge in [0.2, 0.25) is 0 Å². The minimum atomic E-state index is -2.57. The van der Waals surface area contributed by atoms with E-state index in [4.69, 9.17) is 0 Å². The van der Waals surface area contributed by atoms with Crippen molar-refractivity contribution in [1.29, 1.82) is 0 Å². The highest BCUT2D eigenvalue weighted by molar-refractivity contribution is 9.11. The van der Waals surface area contributed by atoms with Crippen LogP contribution in [0.4, 0.5) is 8.78 Å². The summed E-state index contributed by atoms with van der Waals surface area (Å²) in [5.41, 5.74) is -0.197. The fourth-order valence-electron chi connectivity index (χ4n) is 0.649. The largest absolute Gasteiger partial charge is 0.297 e. The van der Waals surface area contributed by atoms with E-state index in [0.717, 1.165) is 11.3 Å². The molecule has 0 N–H and O–H groups in total. The van der Waals surface area contributed by atoms with Crippen LogP contribution < -0.4 is 0 Å². The average molecular weight is 241 g/mol. The molecule has 0 spiro atoms. The zero-order chi connectivity index (χ0) is 8.43. The van der Waals surface area contributed by atoms with Gasteiger partial charge < -0.3 is 0 Å². The Bertz CT molecular complexity index is 272. The molecule has 0 saturated heterocycles. The van der Waals surface area contributed by atoms with Gasteiger partial charge in [-0.05, 0) is 22.0 Å². The topological polar surface area (TPSA) is 17.1 Å². The van der Waals surface area contributed by atoms with E-state index in [9.17, 15) is 13.6 Å². The predicted molar refractivity (Wildman–Crippen MR) is 42.4 cm³/mol. The fraction of sp³-hybridized carbons (Fsp3) is 0.167. The molecular weight excluding hydrogens is 238 g/mol. The summed E-state index contributed by atoms with van der Waals surface area (Å²) in [5.74, 6) is 0. The second kappa shape index (κ2) is 3.40. The zero-order valence-electron chi connectivity index (χ0n) is 5.18. The van der Waals surface area contributed by atoms with Crippen LogP contribution in [0.2, 0.25) is 0 Å². The number of carbonyl (C=O) groups is 1. The van der Waals surface area contributed by atoms with Crippen molar-refractivity contribution in [2.45, 2.75) is 6.43 Å². The highest BCUT2D eigenvalue weighted by atomic mass is 79.9. The molecule has 11 heavy (non-hydrogen) atoms. The van der Waals surface area contributed by atoms with Gasteiger partial charge in [0.05, 0.1) is 8.66 Å². The molecule has 5 heteroatoms. The van der Waals surface area contributed by atoms with Crippen molar-refractivity contribution in [3.8, 4) is 0 Å². The maximum absolute atomic E-state index is 12.1. The summed E-state index contributed by atoms with van der Waals surface area (Å²) in [6.45, 7) is 0. The Labute approximate surface area is 74.2 Å². The number of thiophene rings is 1. The lowest BCUT2D eigenvalue weighted by atomic mass is 10.3. The van der Waals surface area contributed by atoms with Gasteiger partial charge in [-0.3, -0.25) is 4.79 Å². The number of aldehydes is 1. The SMILES string of the molecule is O=Cc1sc(Br)cc1C(F)F. The molecule has 1 heterocycles. The molecule has 1 nitrogen and oxygen atoms in total. The van der Waals surface area contributed by atoms with Crippen LogP contribution in [-0.4, -0.2) is 6.29 Å².